The van der Waals surface area contributed by atoms with Crippen LogP contribution in [0.15, 0.2) is 12.4 Å². The molecule has 0 fully saturated rings. The van der Waals surface area contributed by atoms with Crippen molar-refractivity contribution in [1.82, 2.24) is 9.55 Å². The largest absolute Gasteiger partial charge is 0.383 e. The Morgan fingerprint density at radius 3 is 2.94 bits per heavy atom. The van der Waals surface area contributed by atoms with Crippen LogP contribution in [0.1, 0.15) is 19.9 Å². The Hall–Kier alpha value is -0.680. The molecule has 1 heterocycles. The third-order valence-corrected chi connectivity index (χ3v) is 3.16. The van der Waals surface area contributed by atoms with Crippen molar-refractivity contribution < 1.29 is 4.74 Å². The van der Waals surface area contributed by atoms with Crippen LogP contribution in [-0.2, 0) is 4.74 Å². The minimum absolute atomic E-state index is 0.271. The molecule has 1 rings (SSSR count). The molecule has 1 N–H and O–H groups in total. The van der Waals surface area contributed by atoms with E-state index in [1.54, 1.807) is 7.11 Å². The van der Waals surface area contributed by atoms with Crippen LogP contribution in [0.2, 0.25) is 0 Å². The van der Waals surface area contributed by atoms with Crippen molar-refractivity contribution in [2.45, 2.75) is 25.9 Å². The lowest BCUT2D eigenvalue weighted by Gasteiger charge is -2.19. The van der Waals surface area contributed by atoms with E-state index in [0.717, 1.165) is 11.7 Å². The van der Waals surface area contributed by atoms with Gasteiger partial charge in [0.25, 0.3) is 0 Å². The van der Waals surface area contributed by atoms with Crippen molar-refractivity contribution in [3.05, 3.63) is 12.4 Å². The van der Waals surface area contributed by atoms with Gasteiger partial charge in [-0.2, -0.15) is 11.8 Å². The quantitative estimate of drug-likeness (QED) is 0.797. The number of hydrogen-bond acceptors (Lipinski definition) is 4. The standard InChI is InChI=1S/C11H21N3OS/c1-9(7-15-3)13-11-12-5-6-14(11)10(2)8-16-4/h5-6,9-10H,7-8H2,1-4H3,(H,12,13). The van der Waals surface area contributed by atoms with E-state index < -0.39 is 0 Å². The molecule has 0 aliphatic carbocycles. The summed E-state index contributed by atoms with van der Waals surface area (Å²) in [7, 11) is 1.71. The lowest BCUT2D eigenvalue weighted by Crippen LogP contribution is -2.24. The van der Waals surface area contributed by atoms with Gasteiger partial charge >= 0.3 is 0 Å². The highest BCUT2D eigenvalue weighted by atomic mass is 32.2. The molecule has 1 aromatic rings. The van der Waals surface area contributed by atoms with Crippen LogP contribution in [0.25, 0.3) is 0 Å². The molecule has 5 heteroatoms. The summed E-state index contributed by atoms with van der Waals surface area (Å²) in [6.45, 7) is 4.97. The molecule has 92 valence electrons. The van der Waals surface area contributed by atoms with Gasteiger partial charge in [-0.1, -0.05) is 0 Å². The molecule has 1 aromatic heterocycles. The van der Waals surface area contributed by atoms with Gasteiger partial charge in [0, 0.05) is 37.3 Å². The number of imidazole rings is 1. The molecule has 2 atom stereocenters. The van der Waals surface area contributed by atoms with Gasteiger partial charge in [-0.05, 0) is 20.1 Å². The van der Waals surface area contributed by atoms with E-state index in [4.69, 9.17) is 4.74 Å². The number of anilines is 1. The van der Waals surface area contributed by atoms with E-state index in [-0.39, 0.29) is 6.04 Å². The molecule has 0 saturated carbocycles. The molecular formula is C11H21N3OS. The molecule has 4 nitrogen and oxygen atoms in total. The Kier molecular flexibility index (Phi) is 5.69. The predicted molar refractivity (Wildman–Crippen MR) is 70.3 cm³/mol. The van der Waals surface area contributed by atoms with Crippen molar-refractivity contribution >= 4 is 17.7 Å². The van der Waals surface area contributed by atoms with Crippen molar-refractivity contribution in [3.8, 4) is 0 Å². The van der Waals surface area contributed by atoms with Crippen LogP contribution in [0, 0.1) is 0 Å². The van der Waals surface area contributed by atoms with Gasteiger partial charge in [0.2, 0.25) is 5.95 Å². The maximum Gasteiger partial charge on any atom is 0.203 e. The van der Waals surface area contributed by atoms with Gasteiger partial charge in [-0.25, -0.2) is 4.98 Å². The van der Waals surface area contributed by atoms with E-state index in [2.05, 4.69) is 35.0 Å². The van der Waals surface area contributed by atoms with Crippen LogP contribution in [0.5, 0.6) is 0 Å². The number of rotatable bonds is 7. The van der Waals surface area contributed by atoms with Gasteiger partial charge in [0.1, 0.15) is 0 Å². The summed E-state index contributed by atoms with van der Waals surface area (Å²) in [6, 6.07) is 0.724. The van der Waals surface area contributed by atoms with Crippen LogP contribution >= 0.6 is 11.8 Å². The monoisotopic (exact) mass is 243 g/mol. The molecule has 0 spiro atoms. The minimum Gasteiger partial charge on any atom is -0.383 e. The summed E-state index contributed by atoms with van der Waals surface area (Å²) in [5.74, 6) is 2.01. The van der Waals surface area contributed by atoms with E-state index in [0.29, 0.717) is 12.6 Å². The first-order valence-electron chi connectivity index (χ1n) is 5.46. The van der Waals surface area contributed by atoms with Crippen LogP contribution in [0.3, 0.4) is 0 Å². The first-order chi connectivity index (χ1) is 7.69. The summed E-state index contributed by atoms with van der Waals surface area (Å²) < 4.78 is 7.27. The second-order valence-corrected chi connectivity index (χ2v) is 4.87. The summed E-state index contributed by atoms with van der Waals surface area (Å²) in [5, 5.41) is 3.35. The fourth-order valence-electron chi connectivity index (χ4n) is 1.61. The zero-order valence-corrected chi connectivity index (χ0v) is 11.3. The number of thioether (sulfide) groups is 1. The molecule has 0 aliphatic heterocycles. The Morgan fingerprint density at radius 1 is 1.56 bits per heavy atom. The third-order valence-electron chi connectivity index (χ3n) is 2.34. The highest BCUT2D eigenvalue weighted by molar-refractivity contribution is 7.98. The number of methoxy groups -OCH3 is 1. The lowest BCUT2D eigenvalue weighted by molar-refractivity contribution is 0.190. The topological polar surface area (TPSA) is 39.1 Å². The van der Waals surface area contributed by atoms with E-state index in [9.17, 15) is 0 Å². The molecule has 0 saturated heterocycles. The Bertz CT molecular complexity index is 303. The molecule has 0 amide bonds. The lowest BCUT2D eigenvalue weighted by atomic mass is 10.3. The zero-order valence-electron chi connectivity index (χ0n) is 10.4. The molecule has 16 heavy (non-hydrogen) atoms. The molecule has 0 aromatic carbocycles. The molecule has 0 radical (unpaired) electrons. The van der Waals surface area contributed by atoms with Crippen molar-refractivity contribution in [1.29, 1.82) is 0 Å². The number of nitrogens with one attached hydrogen (secondary N) is 1. The van der Waals surface area contributed by atoms with Gasteiger partial charge in [0.05, 0.1) is 6.61 Å². The van der Waals surface area contributed by atoms with E-state index in [1.807, 2.05) is 24.2 Å². The highest BCUT2D eigenvalue weighted by Gasteiger charge is 2.11. The minimum atomic E-state index is 0.271. The summed E-state index contributed by atoms with van der Waals surface area (Å²) >= 11 is 1.84. The summed E-state index contributed by atoms with van der Waals surface area (Å²) in [5.41, 5.74) is 0. The van der Waals surface area contributed by atoms with Gasteiger partial charge in [-0.3, -0.25) is 0 Å². The first-order valence-corrected chi connectivity index (χ1v) is 6.85. The molecule has 0 aliphatic rings. The summed E-state index contributed by atoms with van der Waals surface area (Å²) in [4.78, 5) is 4.33. The number of hydrogen-bond donors (Lipinski definition) is 1. The number of nitrogens with zero attached hydrogens (tertiary/aromatic N) is 2. The zero-order chi connectivity index (χ0) is 12.0. The third kappa shape index (κ3) is 3.72. The second kappa shape index (κ2) is 6.81. The molecule has 0 bridgehead atoms. The Labute approximate surface area is 102 Å². The van der Waals surface area contributed by atoms with Crippen LogP contribution in [-0.4, -0.2) is 41.3 Å². The maximum atomic E-state index is 5.10. The number of ether oxygens (including phenoxy) is 1. The molecular weight excluding hydrogens is 222 g/mol. The van der Waals surface area contributed by atoms with Crippen molar-refractivity contribution in [3.63, 3.8) is 0 Å². The van der Waals surface area contributed by atoms with Crippen molar-refractivity contribution in [2.24, 2.45) is 0 Å². The summed E-state index contributed by atoms with van der Waals surface area (Å²) in [6.07, 6.45) is 5.97. The fraction of sp³-hybridized carbons (Fsp3) is 0.727. The van der Waals surface area contributed by atoms with Gasteiger partial charge < -0.3 is 14.6 Å². The Morgan fingerprint density at radius 2 is 2.31 bits per heavy atom. The molecule has 2 unspecified atom stereocenters. The van der Waals surface area contributed by atoms with Gasteiger partial charge in [-0.15, -0.1) is 0 Å². The highest BCUT2D eigenvalue weighted by Crippen LogP contribution is 2.17. The average Bonchev–Trinajstić information content (AvgIpc) is 2.66. The normalized spacial score (nSPS) is 14.8. The van der Waals surface area contributed by atoms with E-state index >= 15 is 0 Å². The SMILES string of the molecule is COCC(C)Nc1nccn1C(C)CSC. The van der Waals surface area contributed by atoms with E-state index in [1.165, 1.54) is 0 Å². The predicted octanol–water partition coefficient (Wildman–Crippen LogP) is 2.25. The Balaban J connectivity index is 2.62. The first kappa shape index (κ1) is 13.4. The fourth-order valence-corrected chi connectivity index (χ4v) is 2.26. The number of aromatic nitrogens is 2. The smallest absolute Gasteiger partial charge is 0.203 e. The second-order valence-electron chi connectivity index (χ2n) is 3.96. The van der Waals surface area contributed by atoms with Crippen LogP contribution in [0.4, 0.5) is 5.95 Å². The van der Waals surface area contributed by atoms with Crippen LogP contribution < -0.4 is 5.32 Å². The maximum absolute atomic E-state index is 5.10. The van der Waals surface area contributed by atoms with Crippen molar-refractivity contribution in [2.75, 3.05) is 31.0 Å². The average molecular weight is 243 g/mol. The van der Waals surface area contributed by atoms with Gasteiger partial charge in [0.15, 0.2) is 0 Å².